The van der Waals surface area contributed by atoms with Gasteiger partial charge in [-0.1, -0.05) is 15.9 Å². The van der Waals surface area contributed by atoms with E-state index in [0.29, 0.717) is 17.9 Å². The average molecular weight is 377 g/mol. The van der Waals surface area contributed by atoms with Crippen molar-refractivity contribution in [1.82, 2.24) is 0 Å². The summed E-state index contributed by atoms with van der Waals surface area (Å²) in [4.78, 5) is 23.4. The Bertz CT molecular complexity index is 669. The fraction of sp³-hybridized carbons (Fsp3) is 0.176. The zero-order chi connectivity index (χ0) is 16.7. The van der Waals surface area contributed by atoms with E-state index >= 15 is 0 Å². The molecular formula is C17H17BrN2O3. The molecule has 0 unspecified atom stereocenters. The molecule has 0 aliphatic carbocycles. The highest BCUT2D eigenvalue weighted by molar-refractivity contribution is 9.10. The van der Waals surface area contributed by atoms with Crippen molar-refractivity contribution in [1.29, 1.82) is 0 Å². The molecule has 2 rings (SSSR count). The molecular weight excluding hydrogens is 360 g/mol. The minimum absolute atomic E-state index is 0.154. The monoisotopic (exact) mass is 376 g/mol. The summed E-state index contributed by atoms with van der Waals surface area (Å²) < 4.78 is 5.89. The van der Waals surface area contributed by atoms with E-state index in [4.69, 9.17) is 4.74 Å². The Balaban J connectivity index is 1.85. The van der Waals surface area contributed by atoms with Crippen molar-refractivity contribution in [3.63, 3.8) is 0 Å². The number of benzene rings is 2. The largest absolute Gasteiger partial charge is 0.462 e. The predicted octanol–water partition coefficient (Wildman–Crippen LogP) is 3.68. The summed E-state index contributed by atoms with van der Waals surface area (Å²) in [5.41, 5.74) is 1.94. The van der Waals surface area contributed by atoms with Crippen LogP contribution in [0.4, 0.5) is 11.4 Å². The lowest BCUT2D eigenvalue weighted by atomic mass is 10.2. The van der Waals surface area contributed by atoms with Crippen LogP contribution in [0.1, 0.15) is 17.3 Å². The molecule has 5 nitrogen and oxygen atoms in total. The number of hydrogen-bond donors (Lipinski definition) is 2. The van der Waals surface area contributed by atoms with Crippen molar-refractivity contribution >= 4 is 39.2 Å². The Kier molecular flexibility index (Phi) is 6.17. The number of amides is 1. The molecule has 0 saturated carbocycles. The molecule has 0 saturated heterocycles. The Morgan fingerprint density at radius 2 is 1.61 bits per heavy atom. The Morgan fingerprint density at radius 3 is 2.22 bits per heavy atom. The quantitative estimate of drug-likeness (QED) is 0.754. The maximum Gasteiger partial charge on any atom is 0.338 e. The van der Waals surface area contributed by atoms with Gasteiger partial charge in [-0.05, 0) is 55.5 Å². The molecule has 0 fully saturated rings. The first-order valence-electron chi connectivity index (χ1n) is 7.15. The molecule has 0 heterocycles. The lowest BCUT2D eigenvalue weighted by Gasteiger charge is -2.08. The van der Waals surface area contributed by atoms with Gasteiger partial charge in [-0.15, -0.1) is 0 Å². The van der Waals surface area contributed by atoms with E-state index in [1.807, 2.05) is 24.3 Å². The molecule has 0 bridgehead atoms. The molecule has 0 radical (unpaired) electrons. The maximum absolute atomic E-state index is 11.9. The molecule has 23 heavy (non-hydrogen) atoms. The number of rotatable bonds is 6. The zero-order valence-corrected chi connectivity index (χ0v) is 14.2. The molecule has 6 heteroatoms. The van der Waals surface area contributed by atoms with Crippen LogP contribution >= 0.6 is 15.9 Å². The number of ether oxygens (including phenoxy) is 1. The van der Waals surface area contributed by atoms with Crippen LogP contribution in [0.15, 0.2) is 53.0 Å². The van der Waals surface area contributed by atoms with E-state index in [0.717, 1.165) is 10.2 Å². The topological polar surface area (TPSA) is 67.4 Å². The predicted molar refractivity (Wildman–Crippen MR) is 93.7 cm³/mol. The number of nitrogens with one attached hydrogen (secondary N) is 2. The van der Waals surface area contributed by atoms with E-state index in [9.17, 15) is 9.59 Å². The Morgan fingerprint density at radius 1 is 1.00 bits per heavy atom. The molecule has 0 atom stereocenters. The molecule has 2 aromatic carbocycles. The van der Waals surface area contributed by atoms with E-state index in [2.05, 4.69) is 26.6 Å². The summed E-state index contributed by atoms with van der Waals surface area (Å²) in [5.74, 6) is -0.543. The van der Waals surface area contributed by atoms with Crippen LogP contribution in [0.25, 0.3) is 0 Å². The van der Waals surface area contributed by atoms with Crippen LogP contribution in [0, 0.1) is 0 Å². The second-order valence-electron chi connectivity index (χ2n) is 4.71. The van der Waals surface area contributed by atoms with E-state index in [1.165, 1.54) is 0 Å². The Hall–Kier alpha value is -2.34. The van der Waals surface area contributed by atoms with Gasteiger partial charge in [-0.25, -0.2) is 4.79 Å². The Labute approximate surface area is 143 Å². The molecule has 2 aromatic rings. The van der Waals surface area contributed by atoms with E-state index in [-0.39, 0.29) is 18.4 Å². The minimum atomic E-state index is -0.373. The lowest BCUT2D eigenvalue weighted by Crippen LogP contribution is -2.21. The number of hydrogen-bond acceptors (Lipinski definition) is 4. The van der Waals surface area contributed by atoms with Gasteiger partial charge < -0.3 is 15.4 Å². The second-order valence-corrected chi connectivity index (χ2v) is 5.62. The number of carbonyl (C=O) groups excluding carboxylic acids is 2. The van der Waals surface area contributed by atoms with Crippen molar-refractivity contribution < 1.29 is 14.3 Å². The molecule has 0 aliphatic rings. The highest BCUT2D eigenvalue weighted by Crippen LogP contribution is 2.14. The average Bonchev–Trinajstić information content (AvgIpc) is 2.55. The van der Waals surface area contributed by atoms with E-state index in [1.54, 1.807) is 31.2 Å². The molecule has 2 N–H and O–H groups in total. The van der Waals surface area contributed by atoms with Gasteiger partial charge in [0.25, 0.3) is 0 Å². The standard InChI is InChI=1S/C17H17BrN2O3/c1-2-23-17(22)12-3-7-15(8-4-12)20-16(21)11-19-14-9-5-13(18)6-10-14/h3-10,19H,2,11H2,1H3,(H,20,21). The van der Waals surface area contributed by atoms with E-state index < -0.39 is 0 Å². The first-order chi connectivity index (χ1) is 11.1. The number of esters is 1. The molecule has 120 valence electrons. The fourth-order valence-corrected chi connectivity index (χ4v) is 2.12. The summed E-state index contributed by atoms with van der Waals surface area (Å²) in [6.45, 7) is 2.24. The summed E-state index contributed by atoms with van der Waals surface area (Å²) in [7, 11) is 0. The van der Waals surface area contributed by atoms with Gasteiger partial charge in [-0.3, -0.25) is 4.79 Å². The van der Waals surface area contributed by atoms with Gasteiger partial charge in [0.15, 0.2) is 0 Å². The van der Waals surface area contributed by atoms with Crippen molar-refractivity contribution in [2.24, 2.45) is 0 Å². The van der Waals surface area contributed by atoms with Crippen molar-refractivity contribution in [2.45, 2.75) is 6.92 Å². The van der Waals surface area contributed by atoms with Gasteiger partial charge >= 0.3 is 5.97 Å². The van der Waals surface area contributed by atoms with Crippen LogP contribution in [0.3, 0.4) is 0 Å². The number of carbonyl (C=O) groups is 2. The zero-order valence-electron chi connectivity index (χ0n) is 12.6. The molecule has 0 spiro atoms. The maximum atomic E-state index is 11.9. The summed E-state index contributed by atoms with van der Waals surface area (Å²) in [6.07, 6.45) is 0. The highest BCUT2D eigenvalue weighted by atomic mass is 79.9. The first-order valence-corrected chi connectivity index (χ1v) is 7.94. The molecule has 0 aliphatic heterocycles. The number of halogens is 1. The van der Waals surface area contributed by atoms with Crippen LogP contribution in [-0.4, -0.2) is 25.0 Å². The van der Waals surface area contributed by atoms with Crippen molar-refractivity contribution in [3.05, 3.63) is 58.6 Å². The lowest BCUT2D eigenvalue weighted by molar-refractivity contribution is -0.114. The highest BCUT2D eigenvalue weighted by Gasteiger charge is 2.07. The second kappa shape index (κ2) is 8.33. The van der Waals surface area contributed by atoms with Crippen molar-refractivity contribution in [2.75, 3.05) is 23.8 Å². The van der Waals surface area contributed by atoms with Gasteiger partial charge in [0.1, 0.15) is 0 Å². The van der Waals surface area contributed by atoms with Crippen molar-refractivity contribution in [3.8, 4) is 0 Å². The SMILES string of the molecule is CCOC(=O)c1ccc(NC(=O)CNc2ccc(Br)cc2)cc1. The number of anilines is 2. The van der Waals surface area contributed by atoms with Gasteiger partial charge in [0.2, 0.25) is 5.91 Å². The summed E-state index contributed by atoms with van der Waals surface area (Å²) >= 11 is 3.36. The third kappa shape index (κ3) is 5.41. The smallest absolute Gasteiger partial charge is 0.338 e. The minimum Gasteiger partial charge on any atom is -0.462 e. The normalized spacial score (nSPS) is 10.0. The van der Waals surface area contributed by atoms with Gasteiger partial charge in [-0.2, -0.15) is 0 Å². The fourth-order valence-electron chi connectivity index (χ4n) is 1.86. The summed E-state index contributed by atoms with van der Waals surface area (Å²) in [6, 6.07) is 14.1. The first kappa shape index (κ1) is 17.0. The molecule has 0 aromatic heterocycles. The molecule has 1 amide bonds. The van der Waals surface area contributed by atoms with Gasteiger partial charge in [0.05, 0.1) is 18.7 Å². The van der Waals surface area contributed by atoms with Crippen LogP contribution in [-0.2, 0) is 9.53 Å². The van der Waals surface area contributed by atoms with Crippen LogP contribution in [0.5, 0.6) is 0 Å². The van der Waals surface area contributed by atoms with Crippen LogP contribution in [0.2, 0.25) is 0 Å². The third-order valence-electron chi connectivity index (χ3n) is 2.98. The summed E-state index contributed by atoms with van der Waals surface area (Å²) in [5, 5.41) is 5.79. The van der Waals surface area contributed by atoms with Crippen LogP contribution < -0.4 is 10.6 Å². The van der Waals surface area contributed by atoms with Gasteiger partial charge in [0, 0.05) is 15.8 Å². The third-order valence-corrected chi connectivity index (χ3v) is 3.51.